The predicted octanol–water partition coefficient (Wildman–Crippen LogP) is 2.83. The maximum absolute atomic E-state index is 12.0. The van der Waals surface area contributed by atoms with Gasteiger partial charge < -0.3 is 5.73 Å². The minimum Gasteiger partial charge on any atom is -0.330 e. The smallest absolute Gasteiger partial charge is 0.0529 e. The Morgan fingerprint density at radius 2 is 1.71 bits per heavy atom. The Morgan fingerprint density at radius 3 is 2.18 bits per heavy atom. The Labute approximate surface area is 107 Å². The van der Waals surface area contributed by atoms with Crippen LogP contribution in [0.15, 0.2) is 29.2 Å². The number of hydrogen-bond donors (Lipinski definition) is 1. The highest BCUT2D eigenvalue weighted by Crippen LogP contribution is 2.23. The highest BCUT2D eigenvalue weighted by atomic mass is 32.2. The molecule has 0 fully saturated rings. The third-order valence-electron chi connectivity index (χ3n) is 2.77. The van der Waals surface area contributed by atoms with Gasteiger partial charge in [0.15, 0.2) is 0 Å². The normalized spacial score (nSPS) is 13.6. The molecule has 1 aromatic rings. The van der Waals surface area contributed by atoms with Gasteiger partial charge >= 0.3 is 0 Å². The monoisotopic (exact) mass is 253 g/mol. The SMILES string of the molecule is CC(C)(C)c1ccc(S(=O)CCCCN)cc1. The van der Waals surface area contributed by atoms with E-state index >= 15 is 0 Å². The summed E-state index contributed by atoms with van der Waals surface area (Å²) in [7, 11) is -0.876. The molecule has 0 spiro atoms. The number of rotatable bonds is 5. The molecule has 1 atom stereocenters. The second kappa shape index (κ2) is 6.31. The van der Waals surface area contributed by atoms with Gasteiger partial charge in [0.2, 0.25) is 0 Å². The molecule has 0 aliphatic heterocycles. The van der Waals surface area contributed by atoms with Crippen molar-refractivity contribution in [2.75, 3.05) is 12.3 Å². The quantitative estimate of drug-likeness (QED) is 0.820. The molecule has 0 saturated heterocycles. The number of hydrogen-bond acceptors (Lipinski definition) is 2. The molecule has 17 heavy (non-hydrogen) atoms. The van der Waals surface area contributed by atoms with E-state index in [0.717, 1.165) is 17.7 Å². The lowest BCUT2D eigenvalue weighted by Crippen LogP contribution is -2.11. The summed E-state index contributed by atoms with van der Waals surface area (Å²) in [5, 5.41) is 0. The summed E-state index contributed by atoms with van der Waals surface area (Å²) in [5.41, 5.74) is 6.85. The highest BCUT2D eigenvalue weighted by molar-refractivity contribution is 7.85. The van der Waals surface area contributed by atoms with Crippen molar-refractivity contribution in [2.24, 2.45) is 5.73 Å². The van der Waals surface area contributed by atoms with E-state index in [1.165, 1.54) is 5.56 Å². The first-order valence-electron chi connectivity index (χ1n) is 6.14. The van der Waals surface area contributed by atoms with Gasteiger partial charge in [-0.2, -0.15) is 0 Å². The Balaban J connectivity index is 2.64. The fraction of sp³-hybridized carbons (Fsp3) is 0.571. The molecule has 0 bridgehead atoms. The fourth-order valence-corrected chi connectivity index (χ4v) is 2.74. The van der Waals surface area contributed by atoms with Crippen LogP contribution >= 0.6 is 0 Å². The standard InChI is InChI=1S/C14H23NOS/c1-14(2,3)12-6-8-13(9-7-12)17(16)11-5-4-10-15/h6-9H,4-5,10-11,15H2,1-3H3. The summed E-state index contributed by atoms with van der Waals surface area (Å²) in [6, 6.07) is 8.13. The van der Waals surface area contributed by atoms with Gasteiger partial charge in [-0.15, -0.1) is 0 Å². The van der Waals surface area contributed by atoms with E-state index in [1.54, 1.807) is 0 Å². The van der Waals surface area contributed by atoms with Crippen LogP contribution in [0, 0.1) is 0 Å². The maximum atomic E-state index is 12.0. The molecule has 1 aromatic carbocycles. The van der Waals surface area contributed by atoms with Crippen LogP contribution in [0.4, 0.5) is 0 Å². The van der Waals surface area contributed by atoms with Crippen molar-refractivity contribution in [1.29, 1.82) is 0 Å². The lowest BCUT2D eigenvalue weighted by Gasteiger charge is -2.19. The molecule has 0 heterocycles. The van der Waals surface area contributed by atoms with Gasteiger partial charge in [-0.3, -0.25) is 4.21 Å². The summed E-state index contributed by atoms with van der Waals surface area (Å²) in [6.07, 6.45) is 1.88. The van der Waals surface area contributed by atoms with Crippen molar-refractivity contribution in [2.45, 2.75) is 43.9 Å². The molecule has 1 unspecified atom stereocenters. The lowest BCUT2D eigenvalue weighted by atomic mass is 9.87. The maximum Gasteiger partial charge on any atom is 0.0529 e. The fourth-order valence-electron chi connectivity index (χ4n) is 1.60. The van der Waals surface area contributed by atoms with Gasteiger partial charge in [-0.1, -0.05) is 32.9 Å². The van der Waals surface area contributed by atoms with Crippen LogP contribution in [0.25, 0.3) is 0 Å². The number of nitrogens with two attached hydrogens (primary N) is 1. The molecule has 1 rings (SSSR count). The summed E-state index contributed by atoms with van der Waals surface area (Å²) in [4.78, 5) is 0.926. The first kappa shape index (κ1) is 14.4. The predicted molar refractivity (Wildman–Crippen MR) is 74.7 cm³/mol. The van der Waals surface area contributed by atoms with E-state index < -0.39 is 10.8 Å². The Hall–Kier alpha value is -0.670. The molecule has 0 saturated carbocycles. The minimum absolute atomic E-state index is 0.152. The Morgan fingerprint density at radius 1 is 1.12 bits per heavy atom. The van der Waals surface area contributed by atoms with Crippen LogP contribution in [-0.2, 0) is 16.2 Å². The third-order valence-corrected chi connectivity index (χ3v) is 4.22. The summed E-state index contributed by atoms with van der Waals surface area (Å²) >= 11 is 0. The van der Waals surface area contributed by atoms with E-state index in [9.17, 15) is 4.21 Å². The van der Waals surface area contributed by atoms with Crippen LogP contribution in [0.3, 0.4) is 0 Å². The molecule has 0 radical (unpaired) electrons. The van der Waals surface area contributed by atoms with Gasteiger partial charge in [0.05, 0.1) is 10.8 Å². The molecule has 0 aromatic heterocycles. The van der Waals surface area contributed by atoms with Crippen molar-refractivity contribution in [3.8, 4) is 0 Å². The van der Waals surface area contributed by atoms with Gasteiger partial charge in [0, 0.05) is 10.6 Å². The first-order valence-corrected chi connectivity index (χ1v) is 7.46. The van der Waals surface area contributed by atoms with Crippen molar-refractivity contribution in [1.82, 2.24) is 0 Å². The zero-order valence-corrected chi connectivity index (χ0v) is 11.8. The van der Waals surface area contributed by atoms with Crippen molar-refractivity contribution >= 4 is 10.8 Å². The van der Waals surface area contributed by atoms with E-state index in [4.69, 9.17) is 5.73 Å². The average Bonchev–Trinajstić information content (AvgIpc) is 2.28. The second-order valence-corrected chi connectivity index (χ2v) is 6.89. The van der Waals surface area contributed by atoms with Gasteiger partial charge in [-0.05, 0) is 42.5 Å². The largest absolute Gasteiger partial charge is 0.330 e. The zero-order chi connectivity index (χ0) is 12.9. The number of benzene rings is 1. The van der Waals surface area contributed by atoms with Crippen LogP contribution < -0.4 is 5.73 Å². The number of unbranched alkanes of at least 4 members (excludes halogenated alkanes) is 1. The first-order chi connectivity index (χ1) is 7.95. The molecular formula is C14H23NOS. The molecule has 0 aliphatic carbocycles. The third kappa shape index (κ3) is 4.60. The molecular weight excluding hydrogens is 230 g/mol. The summed E-state index contributed by atoms with van der Waals surface area (Å²) in [6.45, 7) is 7.22. The molecule has 0 aliphatic rings. The van der Waals surface area contributed by atoms with E-state index in [1.807, 2.05) is 12.1 Å². The highest BCUT2D eigenvalue weighted by Gasteiger charge is 2.13. The van der Waals surface area contributed by atoms with Crippen LogP contribution in [0.1, 0.15) is 39.2 Å². The van der Waals surface area contributed by atoms with Crippen molar-refractivity contribution < 1.29 is 4.21 Å². The minimum atomic E-state index is -0.876. The Bertz CT molecular complexity index is 365. The van der Waals surface area contributed by atoms with Crippen LogP contribution in [0.2, 0.25) is 0 Å². The summed E-state index contributed by atoms with van der Waals surface area (Å²) < 4.78 is 12.0. The average molecular weight is 253 g/mol. The summed E-state index contributed by atoms with van der Waals surface area (Å²) in [5.74, 6) is 0.714. The van der Waals surface area contributed by atoms with Gasteiger partial charge in [0.1, 0.15) is 0 Å². The lowest BCUT2D eigenvalue weighted by molar-refractivity contribution is 0.589. The second-order valence-electron chi connectivity index (χ2n) is 5.32. The van der Waals surface area contributed by atoms with Crippen LogP contribution in [-0.4, -0.2) is 16.5 Å². The molecule has 3 heteroatoms. The van der Waals surface area contributed by atoms with Crippen molar-refractivity contribution in [3.63, 3.8) is 0 Å². The zero-order valence-electron chi connectivity index (χ0n) is 11.0. The molecule has 96 valence electrons. The van der Waals surface area contributed by atoms with E-state index in [2.05, 4.69) is 32.9 Å². The van der Waals surface area contributed by atoms with E-state index in [-0.39, 0.29) is 5.41 Å². The van der Waals surface area contributed by atoms with Gasteiger partial charge in [-0.25, -0.2) is 0 Å². The van der Waals surface area contributed by atoms with Crippen molar-refractivity contribution in [3.05, 3.63) is 29.8 Å². The Kier molecular flexibility index (Phi) is 5.34. The van der Waals surface area contributed by atoms with E-state index in [0.29, 0.717) is 12.3 Å². The topological polar surface area (TPSA) is 43.1 Å². The molecule has 2 nitrogen and oxygen atoms in total. The van der Waals surface area contributed by atoms with Gasteiger partial charge in [0.25, 0.3) is 0 Å². The molecule has 2 N–H and O–H groups in total. The molecule has 0 amide bonds. The van der Waals surface area contributed by atoms with Crippen LogP contribution in [0.5, 0.6) is 0 Å².